The smallest absolute Gasteiger partial charge is 0.0315 e. The van der Waals surface area contributed by atoms with Crippen molar-refractivity contribution >= 4 is 27.3 Å². The van der Waals surface area contributed by atoms with Gasteiger partial charge >= 0.3 is 0 Å². The van der Waals surface area contributed by atoms with Crippen molar-refractivity contribution < 1.29 is 0 Å². The van der Waals surface area contributed by atoms with Crippen molar-refractivity contribution in [1.29, 1.82) is 0 Å². The zero-order valence-corrected chi connectivity index (χ0v) is 12.9. The Morgan fingerprint density at radius 1 is 1.47 bits per heavy atom. The van der Waals surface area contributed by atoms with Crippen molar-refractivity contribution in [3.63, 3.8) is 0 Å². The Labute approximate surface area is 117 Å². The number of hydrogen-bond donors (Lipinski definition) is 1. The molecule has 17 heavy (non-hydrogen) atoms. The first-order valence-electron chi connectivity index (χ1n) is 6.64. The van der Waals surface area contributed by atoms with Crippen LogP contribution in [0, 0.1) is 5.92 Å². The largest absolute Gasteiger partial charge is 0.325 e. The summed E-state index contributed by atoms with van der Waals surface area (Å²) in [6.07, 6.45) is 8.74. The highest BCUT2D eigenvalue weighted by atomic mass is 79.9. The second-order valence-corrected chi connectivity index (χ2v) is 7.29. The number of hydrogen-bond acceptors (Lipinski definition) is 2. The van der Waals surface area contributed by atoms with E-state index >= 15 is 0 Å². The molecule has 2 unspecified atom stereocenters. The minimum absolute atomic E-state index is 0.0390. The highest BCUT2D eigenvalue weighted by molar-refractivity contribution is 9.10. The van der Waals surface area contributed by atoms with Gasteiger partial charge in [0.2, 0.25) is 0 Å². The molecule has 0 radical (unpaired) electrons. The molecule has 0 bridgehead atoms. The van der Waals surface area contributed by atoms with Gasteiger partial charge in [-0.15, -0.1) is 11.3 Å². The summed E-state index contributed by atoms with van der Waals surface area (Å²) in [6.45, 7) is 2.31. The molecule has 3 heteroatoms. The van der Waals surface area contributed by atoms with Crippen LogP contribution in [0.1, 0.15) is 50.3 Å². The van der Waals surface area contributed by atoms with E-state index in [1.807, 2.05) is 11.3 Å². The monoisotopic (exact) mass is 315 g/mol. The standard InChI is InChI=1S/C14H22BrNS/c1-2-11-4-3-7-14(16,8-5-11)10-13-12(15)6-9-17-13/h6,9,11H,2-5,7-8,10,16H2,1H3. The summed E-state index contributed by atoms with van der Waals surface area (Å²) in [5, 5.41) is 2.15. The van der Waals surface area contributed by atoms with Crippen LogP contribution in [0.5, 0.6) is 0 Å². The van der Waals surface area contributed by atoms with Crippen LogP contribution in [0.4, 0.5) is 0 Å². The summed E-state index contributed by atoms with van der Waals surface area (Å²) in [5.74, 6) is 0.909. The van der Waals surface area contributed by atoms with Crippen LogP contribution in [0.15, 0.2) is 15.9 Å². The Morgan fingerprint density at radius 2 is 2.29 bits per heavy atom. The van der Waals surface area contributed by atoms with Crippen LogP contribution >= 0.6 is 27.3 Å². The average molecular weight is 316 g/mol. The molecule has 0 aromatic carbocycles. The lowest BCUT2D eigenvalue weighted by Crippen LogP contribution is -2.41. The van der Waals surface area contributed by atoms with Crippen molar-refractivity contribution in [3.8, 4) is 0 Å². The predicted molar refractivity (Wildman–Crippen MR) is 79.5 cm³/mol. The van der Waals surface area contributed by atoms with E-state index in [0.29, 0.717) is 0 Å². The molecule has 0 aliphatic heterocycles. The lowest BCUT2D eigenvalue weighted by molar-refractivity contribution is 0.360. The fourth-order valence-corrected chi connectivity index (χ4v) is 4.51. The zero-order chi connectivity index (χ0) is 12.3. The summed E-state index contributed by atoms with van der Waals surface area (Å²) >= 11 is 5.45. The lowest BCUT2D eigenvalue weighted by atomic mass is 9.87. The van der Waals surface area contributed by atoms with Crippen LogP contribution < -0.4 is 5.73 Å². The normalized spacial score (nSPS) is 30.2. The van der Waals surface area contributed by atoms with Gasteiger partial charge in [-0.05, 0) is 52.6 Å². The molecule has 1 heterocycles. The van der Waals surface area contributed by atoms with Gasteiger partial charge in [-0.25, -0.2) is 0 Å². The Bertz CT molecular complexity index is 363. The van der Waals surface area contributed by atoms with Crippen LogP contribution in [-0.2, 0) is 6.42 Å². The molecule has 2 rings (SSSR count). The van der Waals surface area contributed by atoms with E-state index in [4.69, 9.17) is 5.73 Å². The minimum Gasteiger partial charge on any atom is -0.325 e. The fourth-order valence-electron chi connectivity index (χ4n) is 2.86. The molecular formula is C14H22BrNS. The summed E-state index contributed by atoms with van der Waals surface area (Å²) < 4.78 is 1.24. The van der Waals surface area contributed by atoms with E-state index in [2.05, 4.69) is 34.3 Å². The van der Waals surface area contributed by atoms with Gasteiger partial charge < -0.3 is 5.73 Å². The second kappa shape index (κ2) is 5.85. The number of rotatable bonds is 3. The summed E-state index contributed by atoms with van der Waals surface area (Å²) in [7, 11) is 0. The van der Waals surface area contributed by atoms with Crippen LogP contribution in [0.25, 0.3) is 0 Å². The van der Waals surface area contributed by atoms with Gasteiger partial charge in [-0.3, -0.25) is 0 Å². The van der Waals surface area contributed by atoms with Gasteiger partial charge in [0, 0.05) is 21.3 Å². The molecule has 2 atom stereocenters. The van der Waals surface area contributed by atoms with Gasteiger partial charge in [0.05, 0.1) is 0 Å². The van der Waals surface area contributed by atoms with E-state index in [9.17, 15) is 0 Å². The fraction of sp³-hybridized carbons (Fsp3) is 0.714. The molecule has 2 N–H and O–H groups in total. The SMILES string of the molecule is CCC1CCCC(N)(Cc2sccc2Br)CC1. The second-order valence-electron chi connectivity index (χ2n) is 5.44. The average Bonchev–Trinajstić information content (AvgIpc) is 2.60. The van der Waals surface area contributed by atoms with Crippen molar-refractivity contribution in [2.24, 2.45) is 11.7 Å². The predicted octanol–water partition coefficient (Wildman–Crippen LogP) is 4.74. The van der Waals surface area contributed by atoms with Crippen LogP contribution in [0.3, 0.4) is 0 Å². The molecule has 0 saturated heterocycles. The van der Waals surface area contributed by atoms with Crippen molar-refractivity contribution in [2.45, 2.75) is 57.4 Å². The number of nitrogens with two attached hydrogens (primary N) is 1. The third-order valence-corrected chi connectivity index (χ3v) is 6.04. The highest BCUT2D eigenvalue weighted by Crippen LogP contribution is 2.35. The quantitative estimate of drug-likeness (QED) is 0.801. The lowest BCUT2D eigenvalue weighted by Gasteiger charge is -2.28. The molecule has 1 aromatic heterocycles. The van der Waals surface area contributed by atoms with Gasteiger partial charge in [-0.1, -0.05) is 26.2 Å². The van der Waals surface area contributed by atoms with Crippen molar-refractivity contribution in [2.75, 3.05) is 0 Å². The zero-order valence-electron chi connectivity index (χ0n) is 10.5. The molecule has 0 spiro atoms. The van der Waals surface area contributed by atoms with Crippen molar-refractivity contribution in [1.82, 2.24) is 0 Å². The first-order valence-corrected chi connectivity index (χ1v) is 8.31. The maximum atomic E-state index is 6.62. The maximum absolute atomic E-state index is 6.62. The van der Waals surface area contributed by atoms with Crippen LogP contribution in [0.2, 0.25) is 0 Å². The van der Waals surface area contributed by atoms with Gasteiger partial charge in [-0.2, -0.15) is 0 Å². The molecule has 1 nitrogen and oxygen atoms in total. The van der Waals surface area contributed by atoms with Crippen LogP contribution in [-0.4, -0.2) is 5.54 Å². The molecule has 1 aliphatic rings. The van der Waals surface area contributed by atoms with E-state index in [-0.39, 0.29) is 5.54 Å². The molecule has 1 saturated carbocycles. The Morgan fingerprint density at radius 3 is 2.94 bits per heavy atom. The molecule has 1 aromatic rings. The van der Waals surface area contributed by atoms with E-state index in [1.165, 1.54) is 47.9 Å². The molecular weight excluding hydrogens is 294 g/mol. The van der Waals surface area contributed by atoms with Crippen molar-refractivity contribution in [3.05, 3.63) is 20.8 Å². The van der Waals surface area contributed by atoms with Gasteiger partial charge in [0.1, 0.15) is 0 Å². The third-order valence-electron chi connectivity index (χ3n) is 4.12. The highest BCUT2D eigenvalue weighted by Gasteiger charge is 2.29. The molecule has 0 amide bonds. The minimum atomic E-state index is 0.0390. The topological polar surface area (TPSA) is 26.0 Å². The van der Waals surface area contributed by atoms with Gasteiger partial charge in [0.15, 0.2) is 0 Å². The maximum Gasteiger partial charge on any atom is 0.0315 e. The third kappa shape index (κ3) is 3.55. The molecule has 1 aliphatic carbocycles. The van der Waals surface area contributed by atoms with E-state index in [1.54, 1.807) is 0 Å². The summed E-state index contributed by atoms with van der Waals surface area (Å²) in [4.78, 5) is 1.42. The Balaban J connectivity index is 2.01. The summed E-state index contributed by atoms with van der Waals surface area (Å²) in [6, 6.07) is 2.13. The Hall–Kier alpha value is 0.140. The Kier molecular flexibility index (Phi) is 4.67. The number of thiophene rings is 1. The molecule has 96 valence electrons. The number of halogens is 1. The van der Waals surface area contributed by atoms with Gasteiger partial charge in [0.25, 0.3) is 0 Å². The first kappa shape index (κ1) is 13.6. The summed E-state index contributed by atoms with van der Waals surface area (Å²) in [5.41, 5.74) is 6.66. The molecule has 1 fully saturated rings. The first-order chi connectivity index (χ1) is 8.13. The van der Waals surface area contributed by atoms with E-state index in [0.717, 1.165) is 12.3 Å². The van der Waals surface area contributed by atoms with E-state index < -0.39 is 0 Å².